The molecular weight excluding hydrogens is 464 g/mol. The molecule has 0 bridgehead atoms. The van der Waals surface area contributed by atoms with E-state index in [0.29, 0.717) is 49.5 Å². The average Bonchev–Trinajstić information content (AvgIpc) is 2.73. The minimum atomic E-state index is -5.01. The summed E-state index contributed by atoms with van der Waals surface area (Å²) in [7, 11) is 3.73. The molecule has 1 saturated carbocycles. The molecule has 6 nitrogen and oxygen atoms in total. The summed E-state index contributed by atoms with van der Waals surface area (Å²) < 4.78 is 78.3. The lowest BCUT2D eigenvalue weighted by Crippen LogP contribution is -2.40. The van der Waals surface area contributed by atoms with Gasteiger partial charge in [-0.1, -0.05) is 0 Å². The average molecular weight is 489 g/mol. The first kappa shape index (κ1) is 25.6. The molecule has 1 amide bonds. The highest BCUT2D eigenvalue weighted by molar-refractivity contribution is 5.94. The molecule has 12 heteroatoms. The number of amides is 1. The molecule has 1 aromatic carbocycles. The highest BCUT2D eigenvalue weighted by atomic mass is 19.4. The van der Waals surface area contributed by atoms with Crippen molar-refractivity contribution in [3.63, 3.8) is 0 Å². The van der Waals surface area contributed by atoms with Gasteiger partial charge in [0.05, 0.1) is 11.1 Å². The number of aromatic nitrogens is 2. The van der Waals surface area contributed by atoms with Crippen LogP contribution in [0, 0.1) is 6.92 Å². The van der Waals surface area contributed by atoms with Crippen molar-refractivity contribution in [2.75, 3.05) is 24.3 Å². The van der Waals surface area contributed by atoms with Crippen LogP contribution in [0.2, 0.25) is 0 Å². The van der Waals surface area contributed by atoms with Gasteiger partial charge in [-0.2, -0.15) is 26.3 Å². The number of carbonyl (C=O) groups excluding carboxylic acids is 1. The summed E-state index contributed by atoms with van der Waals surface area (Å²) in [6.07, 6.45) is -7.71. The molecule has 1 fully saturated rings. The molecular formula is C22H25F6N5O. The Morgan fingerprint density at radius 1 is 0.882 bits per heavy atom. The number of rotatable bonds is 5. The van der Waals surface area contributed by atoms with E-state index in [2.05, 4.69) is 20.6 Å². The van der Waals surface area contributed by atoms with E-state index in [-0.39, 0.29) is 18.2 Å². The second kappa shape index (κ2) is 9.67. The number of hydrogen-bond acceptors (Lipinski definition) is 5. The molecule has 2 aromatic rings. The molecule has 0 atom stereocenters. The lowest BCUT2D eigenvalue weighted by Gasteiger charge is -2.30. The van der Waals surface area contributed by atoms with Crippen LogP contribution in [-0.4, -0.2) is 42.1 Å². The molecule has 0 spiro atoms. The van der Waals surface area contributed by atoms with E-state index in [9.17, 15) is 31.1 Å². The summed E-state index contributed by atoms with van der Waals surface area (Å²) in [5, 5.41) is 5.91. The van der Waals surface area contributed by atoms with Crippen LogP contribution in [0.3, 0.4) is 0 Å². The Balaban J connectivity index is 1.64. The molecule has 3 rings (SSSR count). The standard InChI is InChI=1S/C22H25F6N5O/c1-12-29-18(11-19(30-12)33(2)3)31-16-4-6-17(7-5-16)32-20(34)13-8-14(21(23,24)25)10-15(9-13)22(26,27)28/h8-11,16-17H,4-7H2,1-3H3,(H,32,34)(H,29,30,31). The first-order valence-corrected chi connectivity index (χ1v) is 10.6. The van der Waals surface area contributed by atoms with Crippen LogP contribution in [0.4, 0.5) is 38.0 Å². The maximum Gasteiger partial charge on any atom is 0.416 e. The van der Waals surface area contributed by atoms with Crippen LogP contribution in [0.15, 0.2) is 24.3 Å². The Morgan fingerprint density at radius 2 is 1.41 bits per heavy atom. The van der Waals surface area contributed by atoms with Crippen molar-refractivity contribution in [2.24, 2.45) is 0 Å². The second-order valence-electron chi connectivity index (χ2n) is 8.51. The SMILES string of the molecule is Cc1nc(NC2CCC(NC(=O)c3cc(C(F)(F)F)cc(C(F)(F)F)c3)CC2)cc(N(C)C)n1. The number of halogens is 6. The van der Waals surface area contributed by atoms with Gasteiger partial charge in [-0.05, 0) is 50.8 Å². The molecule has 0 unspecified atom stereocenters. The topological polar surface area (TPSA) is 70.2 Å². The van der Waals surface area contributed by atoms with Crippen molar-refractivity contribution in [1.29, 1.82) is 0 Å². The fourth-order valence-electron chi connectivity index (χ4n) is 3.80. The van der Waals surface area contributed by atoms with Gasteiger partial charge in [-0.3, -0.25) is 4.79 Å². The van der Waals surface area contributed by atoms with Gasteiger partial charge in [0, 0.05) is 37.8 Å². The first-order chi connectivity index (χ1) is 15.7. The lowest BCUT2D eigenvalue weighted by atomic mass is 9.91. The summed E-state index contributed by atoms with van der Waals surface area (Å²) in [6, 6.07) is 2.40. The largest absolute Gasteiger partial charge is 0.416 e. The predicted molar refractivity (Wildman–Crippen MR) is 115 cm³/mol. The van der Waals surface area contributed by atoms with E-state index in [1.54, 1.807) is 6.92 Å². The van der Waals surface area contributed by atoms with Crippen molar-refractivity contribution in [2.45, 2.75) is 57.0 Å². The van der Waals surface area contributed by atoms with E-state index < -0.39 is 35.0 Å². The predicted octanol–water partition coefficient (Wildman–Crippen LogP) is 5.04. The fraction of sp³-hybridized carbons (Fsp3) is 0.500. The van der Waals surface area contributed by atoms with Gasteiger partial charge in [0.2, 0.25) is 0 Å². The van der Waals surface area contributed by atoms with Crippen LogP contribution in [-0.2, 0) is 12.4 Å². The van der Waals surface area contributed by atoms with Gasteiger partial charge in [0.25, 0.3) is 5.91 Å². The zero-order chi connectivity index (χ0) is 25.3. The lowest BCUT2D eigenvalue weighted by molar-refractivity contribution is -0.143. The van der Waals surface area contributed by atoms with E-state index in [1.807, 2.05) is 25.1 Å². The molecule has 1 aliphatic carbocycles. The highest BCUT2D eigenvalue weighted by Gasteiger charge is 2.37. The Kier molecular flexibility index (Phi) is 7.27. The van der Waals surface area contributed by atoms with E-state index >= 15 is 0 Å². The Morgan fingerprint density at radius 3 is 1.91 bits per heavy atom. The molecule has 1 heterocycles. The summed E-state index contributed by atoms with van der Waals surface area (Å²) in [6.45, 7) is 1.78. The van der Waals surface area contributed by atoms with Crippen LogP contribution in [0.25, 0.3) is 0 Å². The molecule has 34 heavy (non-hydrogen) atoms. The molecule has 0 radical (unpaired) electrons. The van der Waals surface area contributed by atoms with Gasteiger partial charge in [-0.15, -0.1) is 0 Å². The minimum absolute atomic E-state index is 0.00419. The van der Waals surface area contributed by atoms with Gasteiger partial charge >= 0.3 is 12.4 Å². The van der Waals surface area contributed by atoms with Crippen molar-refractivity contribution >= 4 is 17.5 Å². The molecule has 1 aromatic heterocycles. The van der Waals surface area contributed by atoms with E-state index in [1.165, 1.54) is 0 Å². The number of carbonyl (C=O) groups is 1. The third-order valence-corrected chi connectivity index (χ3v) is 5.55. The van der Waals surface area contributed by atoms with Crippen LogP contribution < -0.4 is 15.5 Å². The fourth-order valence-corrected chi connectivity index (χ4v) is 3.80. The molecule has 0 saturated heterocycles. The van der Waals surface area contributed by atoms with Crippen LogP contribution >= 0.6 is 0 Å². The maximum atomic E-state index is 13.1. The van der Waals surface area contributed by atoms with Crippen LogP contribution in [0.1, 0.15) is 53.0 Å². The molecule has 1 aliphatic rings. The molecule has 2 N–H and O–H groups in total. The second-order valence-corrected chi connectivity index (χ2v) is 8.51. The van der Waals surface area contributed by atoms with Crippen molar-refractivity contribution < 1.29 is 31.1 Å². The van der Waals surface area contributed by atoms with Crippen molar-refractivity contribution in [1.82, 2.24) is 15.3 Å². The summed E-state index contributed by atoms with van der Waals surface area (Å²) >= 11 is 0. The number of hydrogen-bond donors (Lipinski definition) is 2. The Labute approximate surface area is 192 Å². The van der Waals surface area contributed by atoms with Crippen molar-refractivity contribution in [3.05, 3.63) is 46.8 Å². The number of anilines is 2. The number of aryl methyl sites for hydroxylation is 1. The monoisotopic (exact) mass is 489 g/mol. The number of nitrogens with one attached hydrogen (secondary N) is 2. The normalized spacial score (nSPS) is 19.0. The first-order valence-electron chi connectivity index (χ1n) is 10.6. The Bertz CT molecular complexity index is 997. The molecule has 186 valence electrons. The zero-order valence-electron chi connectivity index (χ0n) is 18.8. The highest BCUT2D eigenvalue weighted by Crippen LogP contribution is 2.36. The van der Waals surface area contributed by atoms with Crippen molar-refractivity contribution in [3.8, 4) is 0 Å². The Hall–Kier alpha value is -3.05. The summed E-state index contributed by atoms with van der Waals surface area (Å²) in [4.78, 5) is 23.1. The van der Waals surface area contributed by atoms with Crippen LogP contribution in [0.5, 0.6) is 0 Å². The maximum absolute atomic E-state index is 13.1. The minimum Gasteiger partial charge on any atom is -0.367 e. The number of benzene rings is 1. The summed E-state index contributed by atoms with van der Waals surface area (Å²) in [5.41, 5.74) is -3.70. The summed E-state index contributed by atoms with van der Waals surface area (Å²) in [5.74, 6) is 1.05. The van der Waals surface area contributed by atoms with E-state index in [0.717, 1.165) is 5.82 Å². The third-order valence-electron chi connectivity index (χ3n) is 5.55. The number of alkyl halides is 6. The number of nitrogens with zero attached hydrogens (tertiary/aromatic N) is 3. The zero-order valence-corrected chi connectivity index (χ0v) is 18.8. The third kappa shape index (κ3) is 6.51. The van der Waals surface area contributed by atoms with Gasteiger partial charge in [0.1, 0.15) is 17.5 Å². The van der Waals surface area contributed by atoms with Gasteiger partial charge in [-0.25, -0.2) is 9.97 Å². The smallest absolute Gasteiger partial charge is 0.367 e. The molecule has 0 aliphatic heterocycles. The van der Waals surface area contributed by atoms with Gasteiger partial charge in [0.15, 0.2) is 0 Å². The van der Waals surface area contributed by atoms with Gasteiger partial charge < -0.3 is 15.5 Å². The quantitative estimate of drug-likeness (QED) is 0.576. The van der Waals surface area contributed by atoms with E-state index in [4.69, 9.17) is 0 Å².